The first-order valence-corrected chi connectivity index (χ1v) is 8.92. The lowest BCUT2D eigenvalue weighted by atomic mass is 10.1. The fourth-order valence-corrected chi connectivity index (χ4v) is 2.68. The normalized spacial score (nSPS) is 12.0. The number of carbonyl (C=O) groups is 1. The highest BCUT2D eigenvalue weighted by molar-refractivity contribution is 5.91. The molecule has 0 saturated carbocycles. The summed E-state index contributed by atoms with van der Waals surface area (Å²) in [6.07, 6.45) is 1.64. The molecule has 0 aliphatic heterocycles. The van der Waals surface area contributed by atoms with Gasteiger partial charge in [-0.1, -0.05) is 6.07 Å². The predicted molar refractivity (Wildman–Crippen MR) is 100 cm³/mol. The van der Waals surface area contributed by atoms with Gasteiger partial charge in [0.25, 0.3) is 11.7 Å². The highest BCUT2D eigenvalue weighted by Crippen LogP contribution is 2.30. The first-order chi connectivity index (χ1) is 13.0. The molecule has 1 aromatic carbocycles. The second-order valence-corrected chi connectivity index (χ2v) is 6.00. The lowest BCUT2D eigenvalue weighted by molar-refractivity contribution is 0.0929. The maximum absolute atomic E-state index is 12.6. The summed E-state index contributed by atoms with van der Waals surface area (Å²) in [6.45, 7) is 8.69. The zero-order valence-electron chi connectivity index (χ0n) is 15.9. The number of hydrogen-bond donors (Lipinski definition) is 1. The molecule has 0 aliphatic rings. The lowest BCUT2D eigenvalue weighted by Gasteiger charge is -2.17. The van der Waals surface area contributed by atoms with Crippen molar-refractivity contribution in [3.05, 3.63) is 47.5 Å². The van der Waals surface area contributed by atoms with Gasteiger partial charge in [0.05, 0.1) is 19.3 Å². The van der Waals surface area contributed by atoms with Crippen molar-refractivity contribution >= 4 is 11.7 Å². The number of benzene rings is 1. The van der Waals surface area contributed by atoms with Crippen molar-refractivity contribution in [2.24, 2.45) is 0 Å². The van der Waals surface area contributed by atoms with Gasteiger partial charge in [-0.25, -0.2) is 9.50 Å². The van der Waals surface area contributed by atoms with Crippen LogP contribution in [0.4, 0.5) is 0 Å². The average Bonchev–Trinajstić information content (AvgIpc) is 3.09. The lowest BCUT2D eigenvalue weighted by Crippen LogP contribution is -2.27. The highest BCUT2D eigenvalue weighted by Gasteiger charge is 2.18. The molecule has 1 N–H and O–H groups in total. The monoisotopic (exact) mass is 369 g/mol. The largest absolute Gasteiger partial charge is 0.490 e. The van der Waals surface area contributed by atoms with Crippen LogP contribution in [0.15, 0.2) is 30.5 Å². The van der Waals surface area contributed by atoms with Crippen molar-refractivity contribution in [3.8, 4) is 11.5 Å². The molecule has 0 spiro atoms. The van der Waals surface area contributed by atoms with E-state index in [0.717, 1.165) is 11.3 Å². The van der Waals surface area contributed by atoms with Crippen LogP contribution in [0.5, 0.6) is 11.5 Å². The fraction of sp³-hybridized carbons (Fsp3) is 0.368. The summed E-state index contributed by atoms with van der Waals surface area (Å²) in [6, 6.07) is 7.18. The number of rotatable bonds is 7. The quantitative estimate of drug-likeness (QED) is 0.689. The van der Waals surface area contributed by atoms with Gasteiger partial charge in [0.1, 0.15) is 0 Å². The van der Waals surface area contributed by atoms with Gasteiger partial charge in [-0.3, -0.25) is 4.79 Å². The van der Waals surface area contributed by atoms with Gasteiger partial charge >= 0.3 is 0 Å². The number of aromatic nitrogens is 4. The van der Waals surface area contributed by atoms with E-state index < -0.39 is 0 Å². The number of carbonyl (C=O) groups excluding carboxylic acids is 1. The minimum absolute atomic E-state index is 0.0830. The van der Waals surface area contributed by atoms with E-state index in [4.69, 9.17) is 9.47 Å². The number of ether oxygens (including phenoxy) is 2. The SMILES string of the molecule is CCOc1ccc(C(C)NC(=O)c2nc3nccc(C)n3n2)cc1OCC. The van der Waals surface area contributed by atoms with Crippen LogP contribution in [-0.2, 0) is 0 Å². The number of nitrogens with one attached hydrogen (secondary N) is 1. The van der Waals surface area contributed by atoms with Gasteiger partial charge in [-0.2, -0.15) is 4.98 Å². The average molecular weight is 369 g/mol. The third kappa shape index (κ3) is 3.99. The molecule has 0 bridgehead atoms. The van der Waals surface area contributed by atoms with Gasteiger partial charge < -0.3 is 14.8 Å². The van der Waals surface area contributed by atoms with E-state index in [9.17, 15) is 4.79 Å². The zero-order valence-corrected chi connectivity index (χ0v) is 15.9. The minimum atomic E-state index is -0.362. The first-order valence-electron chi connectivity index (χ1n) is 8.92. The van der Waals surface area contributed by atoms with Crippen LogP contribution in [-0.4, -0.2) is 38.7 Å². The van der Waals surface area contributed by atoms with E-state index in [1.54, 1.807) is 16.8 Å². The number of hydrogen-bond acceptors (Lipinski definition) is 6. The Labute approximate surface area is 157 Å². The molecule has 1 unspecified atom stereocenters. The van der Waals surface area contributed by atoms with Crippen LogP contribution in [0.3, 0.4) is 0 Å². The molecule has 3 aromatic rings. The van der Waals surface area contributed by atoms with E-state index in [2.05, 4.69) is 20.4 Å². The molecule has 142 valence electrons. The van der Waals surface area contributed by atoms with Crippen molar-refractivity contribution < 1.29 is 14.3 Å². The number of aryl methyl sites for hydroxylation is 1. The fourth-order valence-electron chi connectivity index (χ4n) is 2.68. The molecular weight excluding hydrogens is 346 g/mol. The Balaban J connectivity index is 1.79. The Kier molecular flexibility index (Phi) is 5.54. The summed E-state index contributed by atoms with van der Waals surface area (Å²) in [5, 5.41) is 7.14. The summed E-state index contributed by atoms with van der Waals surface area (Å²) >= 11 is 0. The molecule has 1 amide bonds. The molecule has 0 fully saturated rings. The summed E-state index contributed by atoms with van der Waals surface area (Å²) in [5.74, 6) is 1.46. The molecule has 8 heteroatoms. The number of amides is 1. The van der Waals surface area contributed by atoms with Gasteiger partial charge in [0.2, 0.25) is 5.82 Å². The molecule has 0 radical (unpaired) electrons. The molecular formula is C19H23N5O3. The maximum Gasteiger partial charge on any atom is 0.291 e. The molecule has 1 atom stereocenters. The van der Waals surface area contributed by atoms with Crippen molar-refractivity contribution in [1.29, 1.82) is 0 Å². The van der Waals surface area contributed by atoms with Crippen LogP contribution in [0.1, 0.15) is 48.7 Å². The van der Waals surface area contributed by atoms with E-state index >= 15 is 0 Å². The van der Waals surface area contributed by atoms with E-state index in [1.807, 2.05) is 45.9 Å². The molecule has 2 heterocycles. The number of fused-ring (bicyclic) bond motifs is 1. The van der Waals surface area contributed by atoms with Crippen molar-refractivity contribution in [1.82, 2.24) is 24.9 Å². The summed E-state index contributed by atoms with van der Waals surface area (Å²) < 4.78 is 12.8. The van der Waals surface area contributed by atoms with Crippen LogP contribution in [0.2, 0.25) is 0 Å². The van der Waals surface area contributed by atoms with E-state index in [0.29, 0.717) is 30.5 Å². The maximum atomic E-state index is 12.6. The molecule has 2 aromatic heterocycles. The van der Waals surface area contributed by atoms with Crippen LogP contribution in [0, 0.1) is 6.92 Å². The van der Waals surface area contributed by atoms with Crippen LogP contribution < -0.4 is 14.8 Å². The van der Waals surface area contributed by atoms with Gasteiger partial charge in [-0.15, -0.1) is 5.10 Å². The van der Waals surface area contributed by atoms with Gasteiger partial charge in [0, 0.05) is 11.9 Å². The Morgan fingerprint density at radius 1 is 1.19 bits per heavy atom. The van der Waals surface area contributed by atoms with Crippen molar-refractivity contribution in [2.75, 3.05) is 13.2 Å². The molecule has 27 heavy (non-hydrogen) atoms. The van der Waals surface area contributed by atoms with Crippen molar-refractivity contribution in [2.45, 2.75) is 33.7 Å². The third-order valence-corrected chi connectivity index (χ3v) is 4.05. The molecule has 0 saturated heterocycles. The Hall–Kier alpha value is -3.16. The highest BCUT2D eigenvalue weighted by atomic mass is 16.5. The van der Waals surface area contributed by atoms with Gasteiger partial charge in [-0.05, 0) is 51.5 Å². The predicted octanol–water partition coefficient (Wildman–Crippen LogP) is 2.72. The standard InChI is InChI=1S/C19H23N5O3/c1-5-26-15-8-7-14(11-16(15)27-6-2)13(4)21-18(25)17-22-19-20-10-9-12(3)24(19)23-17/h7-11,13H,5-6H2,1-4H3,(H,21,25). The summed E-state index contributed by atoms with van der Waals surface area (Å²) in [4.78, 5) is 20.9. The second kappa shape index (κ2) is 8.03. The zero-order chi connectivity index (χ0) is 19.4. The molecule has 0 aliphatic carbocycles. The minimum Gasteiger partial charge on any atom is -0.490 e. The molecule has 3 rings (SSSR count). The first kappa shape index (κ1) is 18.6. The van der Waals surface area contributed by atoms with Gasteiger partial charge in [0.15, 0.2) is 11.5 Å². The Bertz CT molecular complexity index is 954. The van der Waals surface area contributed by atoms with E-state index in [-0.39, 0.29) is 17.8 Å². The van der Waals surface area contributed by atoms with E-state index in [1.165, 1.54) is 0 Å². The third-order valence-electron chi connectivity index (χ3n) is 4.05. The van der Waals surface area contributed by atoms with Crippen LogP contribution >= 0.6 is 0 Å². The van der Waals surface area contributed by atoms with Crippen molar-refractivity contribution in [3.63, 3.8) is 0 Å². The second-order valence-electron chi connectivity index (χ2n) is 6.00. The summed E-state index contributed by atoms with van der Waals surface area (Å²) in [7, 11) is 0. The van der Waals surface area contributed by atoms with Crippen LogP contribution in [0.25, 0.3) is 5.78 Å². The Morgan fingerprint density at radius 2 is 1.93 bits per heavy atom. The Morgan fingerprint density at radius 3 is 2.63 bits per heavy atom. The summed E-state index contributed by atoms with van der Waals surface area (Å²) in [5.41, 5.74) is 1.75. The smallest absolute Gasteiger partial charge is 0.291 e. The number of nitrogens with zero attached hydrogens (tertiary/aromatic N) is 4. The molecule has 8 nitrogen and oxygen atoms in total. The topological polar surface area (TPSA) is 90.6 Å².